The molecule has 2 rings (SSSR count). The van der Waals surface area contributed by atoms with Gasteiger partial charge < -0.3 is 20.1 Å². The predicted octanol–water partition coefficient (Wildman–Crippen LogP) is 1.55. The van der Waals surface area contributed by atoms with Gasteiger partial charge >= 0.3 is 12.0 Å². The molecule has 1 saturated heterocycles. The minimum atomic E-state index is -0.928. The molecule has 2 heterocycles. The summed E-state index contributed by atoms with van der Waals surface area (Å²) in [5.74, 6) is -1.59. The molecule has 0 radical (unpaired) electrons. The largest absolute Gasteiger partial charge is 0.481 e. The highest BCUT2D eigenvalue weighted by atomic mass is 32.1. The summed E-state index contributed by atoms with van der Waals surface area (Å²) in [6, 6.07) is 3.36. The van der Waals surface area contributed by atoms with Crippen LogP contribution in [0.4, 0.5) is 4.79 Å². The van der Waals surface area contributed by atoms with E-state index in [1.807, 2.05) is 6.07 Å². The molecule has 2 amide bonds. The van der Waals surface area contributed by atoms with Crippen molar-refractivity contribution in [2.24, 2.45) is 5.92 Å². The molecule has 1 aromatic rings. The first-order chi connectivity index (χ1) is 10.0. The van der Waals surface area contributed by atoms with Crippen LogP contribution in [0.5, 0.6) is 0 Å². The van der Waals surface area contributed by atoms with E-state index < -0.39 is 17.9 Å². The molecule has 7 heteroatoms. The third kappa shape index (κ3) is 3.74. The van der Waals surface area contributed by atoms with Gasteiger partial charge in [0.1, 0.15) is 5.92 Å². The minimum Gasteiger partial charge on any atom is -0.481 e. The Hall–Kier alpha value is -1.60. The van der Waals surface area contributed by atoms with Crippen molar-refractivity contribution in [2.45, 2.75) is 25.9 Å². The van der Waals surface area contributed by atoms with E-state index in [1.165, 1.54) is 9.78 Å². The Balaban J connectivity index is 1.88. The molecule has 0 bridgehead atoms. The number of likely N-dealkylation sites (N-methyl/N-ethyl adjacent to an activating group) is 1. The van der Waals surface area contributed by atoms with Crippen LogP contribution in [0.2, 0.25) is 0 Å². The molecule has 2 unspecified atom stereocenters. The first kappa shape index (κ1) is 15.8. The van der Waals surface area contributed by atoms with Gasteiger partial charge in [0.05, 0.1) is 25.8 Å². The van der Waals surface area contributed by atoms with Crippen LogP contribution in [-0.4, -0.2) is 48.3 Å². The van der Waals surface area contributed by atoms with Gasteiger partial charge in [0.15, 0.2) is 0 Å². The van der Waals surface area contributed by atoms with Gasteiger partial charge in [-0.25, -0.2) is 4.79 Å². The highest BCUT2D eigenvalue weighted by molar-refractivity contribution is 7.11. The first-order valence-electron chi connectivity index (χ1n) is 6.91. The third-order valence-corrected chi connectivity index (χ3v) is 4.89. The van der Waals surface area contributed by atoms with Crippen LogP contribution in [-0.2, 0) is 22.5 Å². The predicted molar refractivity (Wildman–Crippen MR) is 79.4 cm³/mol. The topological polar surface area (TPSA) is 78.9 Å². The van der Waals surface area contributed by atoms with Crippen molar-refractivity contribution in [2.75, 3.05) is 20.3 Å². The molecule has 6 nitrogen and oxygen atoms in total. The van der Waals surface area contributed by atoms with Gasteiger partial charge in [-0.1, -0.05) is 6.92 Å². The average molecular weight is 312 g/mol. The van der Waals surface area contributed by atoms with Crippen LogP contribution in [0.15, 0.2) is 12.1 Å². The fraction of sp³-hybridized carbons (Fsp3) is 0.571. The monoisotopic (exact) mass is 312 g/mol. The summed E-state index contributed by atoms with van der Waals surface area (Å²) >= 11 is 1.67. The summed E-state index contributed by atoms with van der Waals surface area (Å²) in [4.78, 5) is 27.0. The van der Waals surface area contributed by atoms with Crippen LogP contribution in [0.3, 0.4) is 0 Å². The Bertz CT molecular complexity index is 517. The number of thiophene rings is 1. The number of urea groups is 1. The summed E-state index contributed by atoms with van der Waals surface area (Å²) in [5, 5.41) is 11.9. The van der Waals surface area contributed by atoms with Crippen molar-refractivity contribution in [1.82, 2.24) is 10.2 Å². The van der Waals surface area contributed by atoms with Gasteiger partial charge in [0.2, 0.25) is 0 Å². The molecule has 2 atom stereocenters. The van der Waals surface area contributed by atoms with E-state index in [-0.39, 0.29) is 19.2 Å². The normalized spacial score (nSPS) is 21.2. The van der Waals surface area contributed by atoms with E-state index in [1.54, 1.807) is 18.4 Å². The second-order valence-electron chi connectivity index (χ2n) is 5.04. The minimum absolute atomic E-state index is 0.155. The summed E-state index contributed by atoms with van der Waals surface area (Å²) in [5.41, 5.74) is 0. The summed E-state index contributed by atoms with van der Waals surface area (Å²) < 4.78 is 5.18. The molecule has 0 spiro atoms. The number of nitrogens with zero attached hydrogens (tertiary/aromatic N) is 1. The zero-order valence-electron chi connectivity index (χ0n) is 12.2. The van der Waals surface area contributed by atoms with E-state index >= 15 is 0 Å². The van der Waals surface area contributed by atoms with E-state index in [9.17, 15) is 9.59 Å². The fourth-order valence-corrected chi connectivity index (χ4v) is 3.20. The van der Waals surface area contributed by atoms with Crippen molar-refractivity contribution in [3.63, 3.8) is 0 Å². The number of amides is 2. The number of hydrogen-bond donors (Lipinski definition) is 2. The van der Waals surface area contributed by atoms with Crippen molar-refractivity contribution in [3.8, 4) is 0 Å². The second kappa shape index (κ2) is 6.91. The lowest BCUT2D eigenvalue weighted by Crippen LogP contribution is -2.48. The number of hydrogen-bond acceptors (Lipinski definition) is 4. The van der Waals surface area contributed by atoms with Crippen LogP contribution in [0, 0.1) is 5.92 Å². The SMILES string of the molecule is CCc1ccc(CNC(=O)N(C)C2COCC2C(=O)O)s1. The Labute approximate surface area is 127 Å². The fourth-order valence-electron chi connectivity index (χ4n) is 2.31. The molecule has 2 N–H and O–H groups in total. The maximum atomic E-state index is 12.1. The molecule has 116 valence electrons. The van der Waals surface area contributed by atoms with E-state index in [4.69, 9.17) is 9.84 Å². The Morgan fingerprint density at radius 1 is 1.43 bits per heavy atom. The maximum absolute atomic E-state index is 12.1. The smallest absolute Gasteiger partial charge is 0.317 e. The second-order valence-corrected chi connectivity index (χ2v) is 6.29. The lowest BCUT2D eigenvalue weighted by Gasteiger charge is -2.26. The van der Waals surface area contributed by atoms with Gasteiger partial charge in [-0.05, 0) is 18.6 Å². The van der Waals surface area contributed by atoms with Gasteiger partial charge in [0, 0.05) is 16.8 Å². The van der Waals surface area contributed by atoms with Gasteiger partial charge in [-0.3, -0.25) is 4.79 Å². The van der Waals surface area contributed by atoms with E-state index in [2.05, 4.69) is 18.3 Å². The lowest BCUT2D eigenvalue weighted by atomic mass is 10.0. The standard InChI is InChI=1S/C14H20N2O4S/c1-3-9-4-5-10(21-9)6-15-14(19)16(2)12-8-20-7-11(12)13(17)18/h4-5,11-12H,3,6-8H2,1-2H3,(H,15,19)(H,17,18). The highest BCUT2D eigenvalue weighted by Gasteiger charge is 2.38. The Morgan fingerprint density at radius 3 is 2.76 bits per heavy atom. The molecule has 1 aromatic heterocycles. The van der Waals surface area contributed by atoms with Gasteiger partial charge in [0.25, 0.3) is 0 Å². The molecule has 0 saturated carbocycles. The van der Waals surface area contributed by atoms with Crippen LogP contribution in [0.25, 0.3) is 0 Å². The van der Waals surface area contributed by atoms with Crippen LogP contribution < -0.4 is 5.32 Å². The number of aryl methyl sites for hydroxylation is 1. The molecule has 1 fully saturated rings. The zero-order chi connectivity index (χ0) is 15.4. The van der Waals surface area contributed by atoms with Crippen molar-refractivity contribution in [1.29, 1.82) is 0 Å². The number of rotatable bonds is 5. The Morgan fingerprint density at radius 2 is 2.14 bits per heavy atom. The molecular weight excluding hydrogens is 292 g/mol. The van der Waals surface area contributed by atoms with E-state index in [0.717, 1.165) is 11.3 Å². The summed E-state index contributed by atoms with van der Waals surface area (Å²) in [6.45, 7) is 2.97. The van der Waals surface area contributed by atoms with E-state index in [0.29, 0.717) is 6.54 Å². The number of aliphatic carboxylic acids is 1. The molecule has 21 heavy (non-hydrogen) atoms. The highest BCUT2D eigenvalue weighted by Crippen LogP contribution is 2.20. The molecule has 0 aromatic carbocycles. The summed E-state index contributed by atoms with van der Waals surface area (Å²) in [7, 11) is 1.61. The van der Waals surface area contributed by atoms with Gasteiger partial charge in [-0.2, -0.15) is 0 Å². The van der Waals surface area contributed by atoms with Crippen LogP contribution in [0.1, 0.15) is 16.7 Å². The first-order valence-corrected chi connectivity index (χ1v) is 7.73. The number of nitrogens with one attached hydrogen (secondary N) is 1. The number of carboxylic acid groups (broad SMARTS) is 1. The number of carbonyl (C=O) groups is 2. The van der Waals surface area contributed by atoms with Crippen molar-refractivity contribution in [3.05, 3.63) is 21.9 Å². The molecule has 1 aliphatic heterocycles. The number of carbonyl (C=O) groups excluding carboxylic acids is 1. The zero-order valence-corrected chi connectivity index (χ0v) is 13.0. The van der Waals surface area contributed by atoms with Crippen molar-refractivity contribution < 1.29 is 19.4 Å². The summed E-state index contributed by atoms with van der Waals surface area (Å²) in [6.07, 6.45) is 0.984. The molecule has 1 aliphatic rings. The quantitative estimate of drug-likeness (QED) is 0.864. The van der Waals surface area contributed by atoms with Gasteiger partial charge in [-0.15, -0.1) is 11.3 Å². The molecule has 0 aliphatic carbocycles. The number of ether oxygens (including phenoxy) is 1. The number of carboxylic acids is 1. The third-order valence-electron chi connectivity index (χ3n) is 3.67. The van der Waals surface area contributed by atoms with Crippen molar-refractivity contribution >= 4 is 23.3 Å². The lowest BCUT2D eigenvalue weighted by molar-refractivity contribution is -0.142. The Kier molecular flexibility index (Phi) is 5.19. The maximum Gasteiger partial charge on any atom is 0.317 e. The average Bonchev–Trinajstić information content (AvgIpc) is 3.12. The van der Waals surface area contributed by atoms with Crippen LogP contribution >= 0.6 is 11.3 Å². The molecular formula is C14H20N2O4S.